The van der Waals surface area contributed by atoms with Gasteiger partial charge in [0.25, 0.3) is 0 Å². The summed E-state index contributed by atoms with van der Waals surface area (Å²) in [6.07, 6.45) is 0.929. The first-order valence-electron chi connectivity index (χ1n) is 6.20. The average Bonchev–Trinajstić information content (AvgIpc) is 2.77. The van der Waals surface area contributed by atoms with E-state index < -0.39 is 0 Å². The monoisotopic (exact) mass is 297 g/mol. The van der Waals surface area contributed by atoms with Gasteiger partial charge in [0.1, 0.15) is 6.04 Å². The van der Waals surface area contributed by atoms with Crippen LogP contribution in [0.1, 0.15) is 20.3 Å². The molecule has 1 unspecified atom stereocenters. The molecule has 102 valence electrons. The molecule has 0 saturated heterocycles. The third-order valence-electron chi connectivity index (χ3n) is 2.63. The summed E-state index contributed by atoms with van der Waals surface area (Å²) < 4.78 is 1.05. The molecule has 2 rings (SSSR count). The molecule has 0 saturated carbocycles. The van der Waals surface area contributed by atoms with Crippen LogP contribution in [0.4, 0.5) is 5.13 Å². The van der Waals surface area contributed by atoms with Crippen LogP contribution >= 0.6 is 22.9 Å². The number of rotatable bonds is 5. The quantitative estimate of drug-likeness (QED) is 0.890. The normalized spacial score (nSPS) is 12.4. The van der Waals surface area contributed by atoms with Crippen LogP contribution in [0.2, 0.25) is 5.02 Å². The Morgan fingerprint density at radius 2 is 2.32 bits per heavy atom. The Bertz CT molecular complexity index is 584. The van der Waals surface area contributed by atoms with E-state index in [1.807, 2.05) is 32.0 Å². The number of fused-ring (bicyclic) bond motifs is 1. The van der Waals surface area contributed by atoms with Crippen LogP contribution in [-0.4, -0.2) is 23.5 Å². The number of anilines is 1. The minimum atomic E-state index is -0.303. The maximum atomic E-state index is 11.8. The van der Waals surface area contributed by atoms with E-state index in [2.05, 4.69) is 15.6 Å². The Morgan fingerprint density at radius 1 is 1.53 bits per heavy atom. The van der Waals surface area contributed by atoms with E-state index in [0.717, 1.165) is 21.8 Å². The second kappa shape index (κ2) is 6.21. The number of hydrogen-bond acceptors (Lipinski definition) is 4. The van der Waals surface area contributed by atoms with E-state index in [-0.39, 0.29) is 11.9 Å². The van der Waals surface area contributed by atoms with E-state index in [9.17, 15) is 4.79 Å². The molecular weight excluding hydrogens is 282 g/mol. The molecule has 0 aliphatic heterocycles. The Balaban J connectivity index is 2.06. The Morgan fingerprint density at radius 3 is 3.05 bits per heavy atom. The lowest BCUT2D eigenvalue weighted by molar-refractivity contribution is -0.121. The van der Waals surface area contributed by atoms with Crippen LogP contribution in [0.25, 0.3) is 10.2 Å². The van der Waals surface area contributed by atoms with Gasteiger partial charge in [-0.15, -0.1) is 0 Å². The molecule has 0 fully saturated rings. The summed E-state index contributed by atoms with van der Waals surface area (Å²) in [6, 6.07) is 5.29. The number of nitrogens with zero attached hydrogens (tertiary/aromatic N) is 1. The number of carbonyl (C=O) groups is 1. The highest BCUT2D eigenvalue weighted by atomic mass is 35.5. The summed E-state index contributed by atoms with van der Waals surface area (Å²) >= 11 is 7.44. The third-order valence-corrected chi connectivity index (χ3v) is 3.83. The predicted octanol–water partition coefficient (Wildman–Crippen LogP) is 3.28. The SMILES string of the molecule is CCCNC(=O)C(C)Nc1nc2cc(Cl)ccc2s1. The van der Waals surface area contributed by atoms with Gasteiger partial charge in [-0.3, -0.25) is 4.79 Å². The number of benzene rings is 1. The van der Waals surface area contributed by atoms with Gasteiger partial charge in [-0.25, -0.2) is 4.98 Å². The zero-order chi connectivity index (χ0) is 13.8. The molecule has 1 heterocycles. The van der Waals surface area contributed by atoms with Gasteiger partial charge in [-0.2, -0.15) is 0 Å². The summed E-state index contributed by atoms with van der Waals surface area (Å²) in [6.45, 7) is 4.54. The third kappa shape index (κ3) is 3.58. The summed E-state index contributed by atoms with van der Waals surface area (Å²) in [7, 11) is 0. The molecule has 0 aliphatic carbocycles. The number of amides is 1. The van der Waals surface area contributed by atoms with Gasteiger partial charge in [0.2, 0.25) is 5.91 Å². The molecule has 4 nitrogen and oxygen atoms in total. The highest BCUT2D eigenvalue weighted by Crippen LogP contribution is 2.28. The van der Waals surface area contributed by atoms with E-state index in [1.165, 1.54) is 11.3 Å². The molecule has 2 N–H and O–H groups in total. The van der Waals surface area contributed by atoms with Crippen molar-refractivity contribution in [2.75, 3.05) is 11.9 Å². The first kappa shape index (κ1) is 14.1. The number of halogens is 1. The zero-order valence-electron chi connectivity index (χ0n) is 10.9. The van der Waals surface area contributed by atoms with Crippen LogP contribution < -0.4 is 10.6 Å². The molecule has 6 heteroatoms. The van der Waals surface area contributed by atoms with Gasteiger partial charge >= 0.3 is 0 Å². The Labute approximate surface area is 121 Å². The molecule has 0 bridgehead atoms. The van der Waals surface area contributed by atoms with E-state index in [4.69, 9.17) is 11.6 Å². The zero-order valence-corrected chi connectivity index (χ0v) is 12.4. The first-order valence-corrected chi connectivity index (χ1v) is 7.40. The van der Waals surface area contributed by atoms with Crippen molar-refractivity contribution in [2.24, 2.45) is 0 Å². The fourth-order valence-electron chi connectivity index (χ4n) is 1.61. The summed E-state index contributed by atoms with van der Waals surface area (Å²) in [5, 5.41) is 7.36. The molecule has 1 aromatic heterocycles. The smallest absolute Gasteiger partial charge is 0.242 e. The van der Waals surface area contributed by atoms with E-state index >= 15 is 0 Å². The molecule has 0 spiro atoms. The minimum Gasteiger partial charge on any atom is -0.354 e. The van der Waals surface area contributed by atoms with Crippen molar-refractivity contribution in [1.29, 1.82) is 0 Å². The first-order chi connectivity index (χ1) is 9.10. The van der Waals surface area contributed by atoms with Crippen LogP contribution in [0.3, 0.4) is 0 Å². The lowest BCUT2D eigenvalue weighted by atomic mass is 10.3. The number of hydrogen-bond donors (Lipinski definition) is 2. The van der Waals surface area contributed by atoms with Gasteiger partial charge in [0.05, 0.1) is 10.2 Å². The fourth-order valence-corrected chi connectivity index (χ4v) is 2.71. The van der Waals surface area contributed by atoms with Crippen LogP contribution in [0.5, 0.6) is 0 Å². The summed E-state index contributed by atoms with van der Waals surface area (Å²) in [5.41, 5.74) is 0.848. The number of aromatic nitrogens is 1. The maximum absolute atomic E-state index is 11.8. The molecule has 1 amide bonds. The topological polar surface area (TPSA) is 54.0 Å². The number of thiazole rings is 1. The van der Waals surface area contributed by atoms with Crippen molar-refractivity contribution in [3.8, 4) is 0 Å². The lowest BCUT2D eigenvalue weighted by Gasteiger charge is -2.12. The molecular formula is C13H16ClN3OS. The van der Waals surface area contributed by atoms with Gasteiger partial charge < -0.3 is 10.6 Å². The van der Waals surface area contributed by atoms with Crippen LogP contribution in [0.15, 0.2) is 18.2 Å². The lowest BCUT2D eigenvalue weighted by Crippen LogP contribution is -2.37. The highest BCUT2D eigenvalue weighted by Gasteiger charge is 2.14. The van der Waals surface area contributed by atoms with Crippen LogP contribution in [-0.2, 0) is 4.79 Å². The Hall–Kier alpha value is -1.33. The van der Waals surface area contributed by atoms with Gasteiger partial charge in [0.15, 0.2) is 5.13 Å². The van der Waals surface area contributed by atoms with Gasteiger partial charge in [0, 0.05) is 11.6 Å². The predicted molar refractivity (Wildman–Crippen MR) is 81.0 cm³/mol. The highest BCUT2D eigenvalue weighted by molar-refractivity contribution is 7.22. The van der Waals surface area contributed by atoms with E-state index in [0.29, 0.717) is 11.6 Å². The second-order valence-electron chi connectivity index (χ2n) is 4.29. The maximum Gasteiger partial charge on any atom is 0.242 e. The fraction of sp³-hybridized carbons (Fsp3) is 0.385. The van der Waals surface area contributed by atoms with Crippen molar-refractivity contribution in [3.05, 3.63) is 23.2 Å². The second-order valence-corrected chi connectivity index (χ2v) is 5.76. The van der Waals surface area contributed by atoms with Gasteiger partial charge in [-0.1, -0.05) is 29.9 Å². The van der Waals surface area contributed by atoms with Crippen molar-refractivity contribution in [3.63, 3.8) is 0 Å². The number of carbonyl (C=O) groups excluding carboxylic acids is 1. The van der Waals surface area contributed by atoms with Crippen molar-refractivity contribution in [2.45, 2.75) is 26.3 Å². The largest absolute Gasteiger partial charge is 0.354 e. The van der Waals surface area contributed by atoms with Crippen LogP contribution in [0, 0.1) is 0 Å². The standard InChI is InChI=1S/C13H16ClN3OS/c1-3-6-15-12(18)8(2)16-13-17-10-7-9(14)4-5-11(10)19-13/h4-5,7-8H,3,6H2,1-2H3,(H,15,18)(H,16,17). The Kier molecular flexibility index (Phi) is 4.61. The molecule has 0 radical (unpaired) electrons. The van der Waals surface area contributed by atoms with Gasteiger partial charge in [-0.05, 0) is 31.5 Å². The molecule has 19 heavy (non-hydrogen) atoms. The summed E-state index contributed by atoms with van der Waals surface area (Å²) in [5.74, 6) is -0.0147. The van der Waals surface area contributed by atoms with E-state index in [1.54, 1.807) is 0 Å². The van der Waals surface area contributed by atoms with Crippen molar-refractivity contribution >= 4 is 44.2 Å². The molecule has 1 aromatic carbocycles. The molecule has 1 atom stereocenters. The average molecular weight is 298 g/mol. The van der Waals surface area contributed by atoms with Crippen molar-refractivity contribution < 1.29 is 4.79 Å². The molecule has 2 aromatic rings. The summed E-state index contributed by atoms with van der Waals surface area (Å²) in [4.78, 5) is 16.2. The number of nitrogens with one attached hydrogen (secondary N) is 2. The van der Waals surface area contributed by atoms with Crippen molar-refractivity contribution in [1.82, 2.24) is 10.3 Å². The molecule has 0 aliphatic rings. The minimum absolute atomic E-state index is 0.0147.